The van der Waals surface area contributed by atoms with Gasteiger partial charge in [-0.2, -0.15) is 13.2 Å². The molecule has 0 spiro atoms. The first-order valence-electron chi connectivity index (χ1n) is 10.4. The van der Waals surface area contributed by atoms with Crippen LogP contribution in [0.3, 0.4) is 0 Å². The molecule has 2 rings (SSSR count). The Labute approximate surface area is 199 Å². The van der Waals surface area contributed by atoms with E-state index in [0.717, 1.165) is 6.42 Å². The van der Waals surface area contributed by atoms with E-state index in [1.807, 2.05) is 30.0 Å². The van der Waals surface area contributed by atoms with E-state index >= 15 is 0 Å². The van der Waals surface area contributed by atoms with Crippen molar-refractivity contribution in [1.82, 2.24) is 15.5 Å². The summed E-state index contributed by atoms with van der Waals surface area (Å²) < 4.78 is 40.7. The number of alkyl halides is 3. The molecule has 0 bridgehead atoms. The van der Waals surface area contributed by atoms with Gasteiger partial charge in [0.15, 0.2) is 5.96 Å². The Morgan fingerprint density at radius 3 is 2.68 bits per heavy atom. The Morgan fingerprint density at radius 1 is 1.26 bits per heavy atom. The number of rotatable bonds is 11. The molecule has 0 aromatic heterocycles. The monoisotopic (exact) mass is 556 g/mol. The number of ether oxygens (including phenoxy) is 1. The van der Waals surface area contributed by atoms with Crippen molar-refractivity contribution in [3.8, 4) is 0 Å². The number of carbonyl (C=O) groups excluding carboxylic acids is 1. The predicted molar refractivity (Wildman–Crippen MR) is 126 cm³/mol. The van der Waals surface area contributed by atoms with E-state index in [0.29, 0.717) is 51.5 Å². The van der Waals surface area contributed by atoms with E-state index in [4.69, 9.17) is 0 Å². The fourth-order valence-corrected chi connectivity index (χ4v) is 3.23. The van der Waals surface area contributed by atoms with Crippen molar-refractivity contribution in [1.29, 1.82) is 0 Å². The van der Waals surface area contributed by atoms with Crippen LogP contribution in [0.4, 0.5) is 13.2 Å². The van der Waals surface area contributed by atoms with Gasteiger partial charge in [0, 0.05) is 51.7 Å². The maximum atomic E-state index is 12.3. The van der Waals surface area contributed by atoms with Gasteiger partial charge in [0.2, 0.25) is 5.91 Å². The highest BCUT2D eigenvalue weighted by molar-refractivity contribution is 14.0. The Kier molecular flexibility index (Phi) is 12.8. The van der Waals surface area contributed by atoms with Crippen molar-refractivity contribution in [2.45, 2.75) is 32.4 Å². The number of likely N-dealkylation sites (tertiary alicyclic amines) is 1. The molecular formula is C21H32F3IN4O2. The van der Waals surface area contributed by atoms with Crippen LogP contribution in [0.15, 0.2) is 35.3 Å². The van der Waals surface area contributed by atoms with Crippen LogP contribution in [0.25, 0.3) is 0 Å². The SMILES string of the molecule is CCNC(=NCC1CC(=O)N(CCc2ccccc2)C1)NCCCOCC(F)(F)F.I. The van der Waals surface area contributed by atoms with Crippen LogP contribution in [0, 0.1) is 5.92 Å². The molecule has 1 heterocycles. The third-order valence-corrected chi connectivity index (χ3v) is 4.68. The fraction of sp³-hybridized carbons (Fsp3) is 0.619. The molecule has 1 aliphatic heterocycles. The van der Waals surface area contributed by atoms with Crippen LogP contribution < -0.4 is 10.6 Å². The average Bonchev–Trinajstić information content (AvgIpc) is 3.06. The second-order valence-corrected chi connectivity index (χ2v) is 7.31. The summed E-state index contributed by atoms with van der Waals surface area (Å²) in [4.78, 5) is 18.7. The Hall–Kier alpha value is -1.56. The number of hydrogen-bond donors (Lipinski definition) is 2. The maximum absolute atomic E-state index is 12.3. The highest BCUT2D eigenvalue weighted by Gasteiger charge is 2.29. The second-order valence-electron chi connectivity index (χ2n) is 7.31. The Morgan fingerprint density at radius 2 is 2.00 bits per heavy atom. The zero-order valence-electron chi connectivity index (χ0n) is 17.8. The van der Waals surface area contributed by atoms with E-state index in [1.54, 1.807) is 0 Å². The summed E-state index contributed by atoms with van der Waals surface area (Å²) >= 11 is 0. The summed E-state index contributed by atoms with van der Waals surface area (Å²) in [5.74, 6) is 0.924. The quantitative estimate of drug-likeness (QED) is 0.190. The Bertz CT molecular complexity index is 674. The minimum atomic E-state index is -4.29. The number of hydrogen-bond acceptors (Lipinski definition) is 3. The molecule has 1 amide bonds. The van der Waals surface area contributed by atoms with Gasteiger partial charge in [-0.3, -0.25) is 9.79 Å². The van der Waals surface area contributed by atoms with Crippen LogP contribution in [0.5, 0.6) is 0 Å². The van der Waals surface area contributed by atoms with Crippen molar-refractivity contribution in [2.24, 2.45) is 10.9 Å². The molecule has 31 heavy (non-hydrogen) atoms. The average molecular weight is 556 g/mol. The summed E-state index contributed by atoms with van der Waals surface area (Å²) in [6.07, 6.45) is -2.53. The molecule has 0 saturated carbocycles. The van der Waals surface area contributed by atoms with Gasteiger partial charge < -0.3 is 20.3 Å². The van der Waals surface area contributed by atoms with Crippen LogP contribution in [-0.2, 0) is 16.0 Å². The smallest absolute Gasteiger partial charge is 0.372 e. The number of nitrogens with one attached hydrogen (secondary N) is 2. The van der Waals surface area contributed by atoms with Gasteiger partial charge in [0.25, 0.3) is 0 Å². The third-order valence-electron chi connectivity index (χ3n) is 4.68. The van der Waals surface area contributed by atoms with Crippen LogP contribution in [-0.4, -0.2) is 68.9 Å². The maximum Gasteiger partial charge on any atom is 0.411 e. The van der Waals surface area contributed by atoms with Gasteiger partial charge in [-0.05, 0) is 25.3 Å². The number of benzene rings is 1. The molecule has 1 aromatic rings. The van der Waals surface area contributed by atoms with Crippen molar-refractivity contribution >= 4 is 35.8 Å². The van der Waals surface area contributed by atoms with Crippen LogP contribution in [0.1, 0.15) is 25.3 Å². The van der Waals surface area contributed by atoms with Gasteiger partial charge in [-0.1, -0.05) is 30.3 Å². The molecule has 1 unspecified atom stereocenters. The number of aliphatic imine (C=N–C) groups is 1. The van der Waals surface area contributed by atoms with E-state index in [-0.39, 0.29) is 42.4 Å². The van der Waals surface area contributed by atoms with Gasteiger partial charge in [0.1, 0.15) is 6.61 Å². The molecule has 1 atom stereocenters. The minimum absolute atomic E-state index is 0. The summed E-state index contributed by atoms with van der Waals surface area (Å²) in [6.45, 7) is 3.79. The van der Waals surface area contributed by atoms with E-state index in [9.17, 15) is 18.0 Å². The van der Waals surface area contributed by atoms with Crippen molar-refractivity contribution in [3.63, 3.8) is 0 Å². The molecule has 176 valence electrons. The zero-order chi connectivity index (χ0) is 21.8. The molecule has 0 aliphatic carbocycles. The first-order chi connectivity index (χ1) is 14.4. The van der Waals surface area contributed by atoms with Gasteiger partial charge in [-0.25, -0.2) is 0 Å². The summed E-state index contributed by atoms with van der Waals surface area (Å²) in [7, 11) is 0. The number of amides is 1. The normalized spacial score (nSPS) is 16.9. The molecular weight excluding hydrogens is 524 g/mol. The zero-order valence-corrected chi connectivity index (χ0v) is 20.1. The van der Waals surface area contributed by atoms with Crippen molar-refractivity contribution in [3.05, 3.63) is 35.9 Å². The number of guanidine groups is 1. The molecule has 2 N–H and O–H groups in total. The van der Waals surface area contributed by atoms with Gasteiger partial charge in [-0.15, -0.1) is 24.0 Å². The van der Waals surface area contributed by atoms with Crippen LogP contribution >= 0.6 is 24.0 Å². The molecule has 0 radical (unpaired) electrons. The van der Waals surface area contributed by atoms with Crippen molar-refractivity contribution in [2.75, 3.05) is 45.9 Å². The Balaban J connectivity index is 0.00000480. The summed E-state index contributed by atoms with van der Waals surface area (Å²) in [5.41, 5.74) is 1.21. The largest absolute Gasteiger partial charge is 0.411 e. The van der Waals surface area contributed by atoms with E-state index in [2.05, 4.69) is 32.5 Å². The second kappa shape index (κ2) is 14.5. The number of carbonyl (C=O) groups is 1. The molecule has 1 fully saturated rings. The number of nitrogens with zero attached hydrogens (tertiary/aromatic N) is 2. The first kappa shape index (κ1) is 27.5. The topological polar surface area (TPSA) is 66.0 Å². The third kappa shape index (κ3) is 11.6. The van der Waals surface area contributed by atoms with E-state index in [1.165, 1.54) is 5.56 Å². The molecule has 1 aliphatic rings. The van der Waals surface area contributed by atoms with E-state index < -0.39 is 12.8 Å². The van der Waals surface area contributed by atoms with Crippen molar-refractivity contribution < 1.29 is 22.7 Å². The highest BCUT2D eigenvalue weighted by atomic mass is 127. The minimum Gasteiger partial charge on any atom is -0.372 e. The first-order valence-corrected chi connectivity index (χ1v) is 10.4. The predicted octanol–water partition coefficient (Wildman–Crippen LogP) is 3.22. The lowest BCUT2D eigenvalue weighted by Crippen LogP contribution is -2.38. The summed E-state index contributed by atoms with van der Waals surface area (Å²) in [6, 6.07) is 10.1. The lowest BCUT2D eigenvalue weighted by Gasteiger charge is -2.16. The molecule has 10 heteroatoms. The highest BCUT2D eigenvalue weighted by Crippen LogP contribution is 2.18. The standard InChI is InChI=1S/C21H31F3N4O2.HI/c1-2-25-20(26-10-6-12-30-16-21(22,23)24)27-14-18-13-19(29)28(15-18)11-9-17-7-4-3-5-8-17;/h3-5,7-8,18H,2,6,9-16H2,1H3,(H2,25,26,27);1H. The lowest BCUT2D eigenvalue weighted by atomic mass is 10.1. The summed E-state index contributed by atoms with van der Waals surface area (Å²) in [5, 5.41) is 6.20. The fourth-order valence-electron chi connectivity index (χ4n) is 3.23. The van der Waals surface area contributed by atoms with Gasteiger partial charge >= 0.3 is 6.18 Å². The molecule has 1 aromatic carbocycles. The molecule has 6 nitrogen and oxygen atoms in total. The molecule has 1 saturated heterocycles. The number of halogens is 4. The van der Waals surface area contributed by atoms with Crippen LogP contribution in [0.2, 0.25) is 0 Å². The van der Waals surface area contributed by atoms with Gasteiger partial charge in [0.05, 0.1) is 0 Å². The lowest BCUT2D eigenvalue weighted by molar-refractivity contribution is -0.173.